The molecule has 5 heterocycles. The zero-order chi connectivity index (χ0) is 33.6. The van der Waals surface area contributed by atoms with E-state index in [0.29, 0.717) is 67.1 Å². The normalized spacial score (nSPS) is 22.8. The number of nitriles is 1. The van der Waals surface area contributed by atoms with Crippen molar-refractivity contribution in [1.29, 1.82) is 5.26 Å². The summed E-state index contributed by atoms with van der Waals surface area (Å²) in [7, 11) is 1.69. The molecule has 2 bridgehead atoms. The van der Waals surface area contributed by atoms with Gasteiger partial charge in [0.1, 0.15) is 29.9 Å². The lowest BCUT2D eigenvalue weighted by Gasteiger charge is -2.43. The van der Waals surface area contributed by atoms with Crippen LogP contribution in [0.25, 0.3) is 11.1 Å². The summed E-state index contributed by atoms with van der Waals surface area (Å²) in [6.07, 6.45) is 14.5. The molecule has 0 amide bonds. The number of tetrazole rings is 1. The van der Waals surface area contributed by atoms with Gasteiger partial charge >= 0.3 is 0 Å². The minimum Gasteiger partial charge on any atom is -0.487 e. The standard InChI is InChI=1S/C34H43N11O4/c1-23(18-43-22-38-41-42-43)49-32-14-24(4-5-25(32)15-35)26-16-36-34(37-17-26)39-31-19-44(40-33(31)48-13-3-12-46-2)27-6-8-28(9-7-27)45-29-10-11-30(45)21-47-20-29/h4-5,14,16-17,19,22-23,27-30H,3,6-13,18,20-21H2,1-2H3,(H,36,37,39)/t23-,27?,28?,29+,30?/m0/s1. The van der Waals surface area contributed by atoms with E-state index < -0.39 is 0 Å². The molecule has 2 saturated heterocycles. The van der Waals surface area contributed by atoms with Gasteiger partial charge in [0.15, 0.2) is 0 Å². The zero-order valence-electron chi connectivity index (χ0n) is 28.0. The monoisotopic (exact) mass is 669 g/mol. The predicted molar refractivity (Wildman–Crippen MR) is 178 cm³/mol. The Morgan fingerprint density at radius 1 is 1.00 bits per heavy atom. The molecule has 258 valence electrons. The Labute approximate surface area is 285 Å². The van der Waals surface area contributed by atoms with Crippen molar-refractivity contribution in [2.45, 2.75) is 88.7 Å². The maximum Gasteiger partial charge on any atom is 0.256 e. The number of fused-ring (bicyclic) bond motifs is 2. The summed E-state index contributed by atoms with van der Waals surface area (Å²) in [5.74, 6) is 1.43. The van der Waals surface area contributed by atoms with Crippen molar-refractivity contribution in [3.63, 3.8) is 0 Å². The van der Waals surface area contributed by atoms with Crippen molar-refractivity contribution in [2.24, 2.45) is 0 Å². The van der Waals surface area contributed by atoms with Crippen LogP contribution in [0, 0.1) is 11.3 Å². The molecule has 15 nitrogen and oxygen atoms in total. The molecule has 7 rings (SSSR count). The first-order chi connectivity index (χ1) is 24.1. The third-order valence-corrected chi connectivity index (χ3v) is 9.69. The molecule has 1 unspecified atom stereocenters. The van der Waals surface area contributed by atoms with Gasteiger partial charge < -0.3 is 24.3 Å². The van der Waals surface area contributed by atoms with Gasteiger partial charge in [-0.15, -0.1) is 10.2 Å². The number of morpholine rings is 1. The molecule has 3 atom stereocenters. The van der Waals surface area contributed by atoms with E-state index in [9.17, 15) is 5.26 Å². The van der Waals surface area contributed by atoms with Crippen molar-refractivity contribution in [2.75, 3.05) is 38.9 Å². The van der Waals surface area contributed by atoms with Gasteiger partial charge in [-0.3, -0.25) is 9.58 Å². The summed E-state index contributed by atoms with van der Waals surface area (Å²) in [5, 5.41) is 29.1. The number of ether oxygens (including phenoxy) is 4. The predicted octanol–water partition coefficient (Wildman–Crippen LogP) is 4.17. The number of nitrogens with zero attached hydrogens (tertiary/aromatic N) is 10. The fraction of sp³-hybridized carbons (Fsp3) is 0.559. The Morgan fingerprint density at radius 2 is 1.76 bits per heavy atom. The van der Waals surface area contributed by atoms with Crippen LogP contribution in [-0.4, -0.2) is 103 Å². The fourth-order valence-electron chi connectivity index (χ4n) is 7.34. The molecule has 0 radical (unpaired) electrons. The number of methoxy groups -OCH3 is 1. The van der Waals surface area contributed by atoms with E-state index in [-0.39, 0.29) is 6.10 Å². The molecule has 3 fully saturated rings. The smallest absolute Gasteiger partial charge is 0.256 e. The molecule has 0 spiro atoms. The van der Waals surface area contributed by atoms with E-state index in [1.165, 1.54) is 19.2 Å². The Balaban J connectivity index is 1.02. The SMILES string of the molecule is COCCCOc1nn(C2CCC(N3C4CC[C@@H]3COC4)CC2)cc1Nc1ncc(-c2ccc(C#N)c(O[C@@H](C)Cn3cnnn3)c2)cn1. The van der Waals surface area contributed by atoms with Gasteiger partial charge in [0.25, 0.3) is 5.88 Å². The number of anilines is 2. The number of nitrogens with one attached hydrogen (secondary N) is 1. The average molecular weight is 670 g/mol. The second-order valence-corrected chi connectivity index (χ2v) is 13.1. The summed E-state index contributed by atoms with van der Waals surface area (Å²) in [6.45, 7) is 5.20. The Morgan fingerprint density at radius 3 is 2.47 bits per heavy atom. The molecule has 49 heavy (non-hydrogen) atoms. The molecule has 3 aliphatic rings. The summed E-state index contributed by atoms with van der Waals surface area (Å²) < 4.78 is 26.9. The Kier molecular flexibility index (Phi) is 10.2. The highest BCUT2D eigenvalue weighted by Crippen LogP contribution is 2.39. The lowest BCUT2D eigenvalue weighted by molar-refractivity contribution is -0.0458. The summed E-state index contributed by atoms with van der Waals surface area (Å²) in [6, 6.07) is 9.73. The van der Waals surface area contributed by atoms with Crippen LogP contribution in [0.1, 0.15) is 63.5 Å². The van der Waals surface area contributed by atoms with Gasteiger partial charge in [-0.2, -0.15) is 5.26 Å². The van der Waals surface area contributed by atoms with Crippen LogP contribution >= 0.6 is 0 Å². The van der Waals surface area contributed by atoms with Crippen molar-refractivity contribution in [3.8, 4) is 28.8 Å². The van der Waals surface area contributed by atoms with Gasteiger partial charge in [0.05, 0.1) is 44.2 Å². The number of rotatable bonds is 14. The first kappa shape index (κ1) is 32.9. The van der Waals surface area contributed by atoms with E-state index in [4.69, 9.17) is 24.0 Å². The van der Waals surface area contributed by atoms with Gasteiger partial charge in [-0.1, -0.05) is 6.07 Å². The second-order valence-electron chi connectivity index (χ2n) is 13.1. The molecule has 1 N–H and O–H groups in total. The molecule has 1 saturated carbocycles. The molecule has 4 aromatic rings. The molecule has 15 heteroatoms. The Hall–Kier alpha value is -4.65. The highest BCUT2D eigenvalue weighted by molar-refractivity contribution is 5.67. The molecular formula is C34H43N11O4. The van der Waals surface area contributed by atoms with E-state index in [1.807, 2.05) is 25.3 Å². The highest BCUT2D eigenvalue weighted by Gasteiger charge is 2.42. The number of benzene rings is 1. The molecule has 3 aromatic heterocycles. The highest BCUT2D eigenvalue weighted by atomic mass is 16.5. The van der Waals surface area contributed by atoms with Crippen molar-refractivity contribution in [1.82, 2.24) is 44.9 Å². The quantitative estimate of drug-likeness (QED) is 0.191. The lowest BCUT2D eigenvalue weighted by Crippen LogP contribution is -2.52. The topological polar surface area (TPSA) is 163 Å². The summed E-state index contributed by atoms with van der Waals surface area (Å²) >= 11 is 0. The number of aromatic nitrogens is 8. The summed E-state index contributed by atoms with van der Waals surface area (Å²) in [4.78, 5) is 12.0. The zero-order valence-corrected chi connectivity index (χ0v) is 28.0. The number of hydrogen-bond acceptors (Lipinski definition) is 13. The first-order valence-corrected chi connectivity index (χ1v) is 17.1. The minimum absolute atomic E-state index is 0.268. The summed E-state index contributed by atoms with van der Waals surface area (Å²) in [5.41, 5.74) is 2.77. The molecule has 2 aliphatic heterocycles. The van der Waals surface area contributed by atoms with Crippen LogP contribution < -0.4 is 14.8 Å². The first-order valence-electron chi connectivity index (χ1n) is 17.1. The second kappa shape index (κ2) is 15.3. The van der Waals surface area contributed by atoms with Crippen LogP contribution in [0.15, 0.2) is 43.1 Å². The lowest BCUT2D eigenvalue weighted by atomic mass is 9.89. The van der Waals surface area contributed by atoms with Gasteiger partial charge in [0.2, 0.25) is 5.95 Å². The van der Waals surface area contributed by atoms with Crippen LogP contribution in [0.2, 0.25) is 0 Å². The van der Waals surface area contributed by atoms with Gasteiger partial charge in [-0.25, -0.2) is 14.6 Å². The van der Waals surface area contributed by atoms with Crippen molar-refractivity contribution >= 4 is 11.6 Å². The largest absolute Gasteiger partial charge is 0.487 e. The third kappa shape index (κ3) is 7.66. The van der Waals surface area contributed by atoms with Crippen LogP contribution in [0.4, 0.5) is 11.6 Å². The van der Waals surface area contributed by atoms with Gasteiger partial charge in [-0.05, 0) is 73.6 Å². The third-order valence-electron chi connectivity index (χ3n) is 9.69. The van der Waals surface area contributed by atoms with E-state index in [2.05, 4.69) is 46.5 Å². The maximum absolute atomic E-state index is 9.67. The van der Waals surface area contributed by atoms with E-state index in [1.54, 1.807) is 30.3 Å². The van der Waals surface area contributed by atoms with Crippen molar-refractivity contribution < 1.29 is 18.9 Å². The maximum atomic E-state index is 9.67. The van der Waals surface area contributed by atoms with Gasteiger partial charge in [0, 0.05) is 56.2 Å². The van der Waals surface area contributed by atoms with Crippen LogP contribution in [-0.2, 0) is 16.0 Å². The fourth-order valence-corrected chi connectivity index (χ4v) is 7.34. The van der Waals surface area contributed by atoms with Crippen LogP contribution in [0.3, 0.4) is 0 Å². The van der Waals surface area contributed by atoms with Crippen molar-refractivity contribution in [3.05, 3.63) is 48.7 Å². The van der Waals surface area contributed by atoms with E-state index >= 15 is 0 Å². The Bertz CT molecular complexity index is 1680. The van der Waals surface area contributed by atoms with Crippen LogP contribution in [0.5, 0.6) is 11.6 Å². The average Bonchev–Trinajstić information content (AvgIpc) is 3.85. The van der Waals surface area contributed by atoms with E-state index in [0.717, 1.165) is 62.1 Å². The molecule has 1 aliphatic carbocycles. The number of hydrogen-bond donors (Lipinski definition) is 1. The molecule has 1 aromatic carbocycles. The molecular weight excluding hydrogens is 626 g/mol. The minimum atomic E-state index is -0.268.